The molecule has 1 aromatic carbocycles. The van der Waals surface area contributed by atoms with Crippen molar-refractivity contribution in [2.24, 2.45) is 5.73 Å². The van der Waals surface area contributed by atoms with Gasteiger partial charge in [0.25, 0.3) is 5.91 Å². The highest BCUT2D eigenvalue weighted by atomic mass is 35.5. The van der Waals surface area contributed by atoms with Crippen molar-refractivity contribution in [2.75, 3.05) is 0 Å². The lowest BCUT2D eigenvalue weighted by molar-refractivity contribution is 0.0917. The number of nitrogens with two attached hydrogens (primary N) is 1. The van der Waals surface area contributed by atoms with Gasteiger partial charge < -0.3 is 16.0 Å². The second kappa shape index (κ2) is 5.46. The SMILES string of the molecule is N[C@@H]1CCCC[C@H]1NC(=O)c1cc2cc(Cl)ccc2[nH]1. The van der Waals surface area contributed by atoms with Crippen LogP contribution in [0.15, 0.2) is 24.3 Å². The molecule has 1 heterocycles. The van der Waals surface area contributed by atoms with Crippen LogP contribution in [0.25, 0.3) is 10.9 Å². The van der Waals surface area contributed by atoms with Gasteiger partial charge in [0.15, 0.2) is 0 Å². The molecule has 0 unspecified atom stereocenters. The lowest BCUT2D eigenvalue weighted by Gasteiger charge is -2.29. The Kier molecular flexibility index (Phi) is 3.68. The molecule has 2 aromatic rings. The smallest absolute Gasteiger partial charge is 0.268 e. The number of carbonyl (C=O) groups excluding carboxylic acids is 1. The Labute approximate surface area is 122 Å². The zero-order valence-corrected chi connectivity index (χ0v) is 11.9. The van der Waals surface area contributed by atoms with Gasteiger partial charge in [-0.2, -0.15) is 0 Å². The van der Waals surface area contributed by atoms with Crippen LogP contribution in [0.3, 0.4) is 0 Å². The van der Waals surface area contributed by atoms with Gasteiger partial charge in [-0.05, 0) is 37.1 Å². The number of aromatic nitrogens is 1. The van der Waals surface area contributed by atoms with Gasteiger partial charge in [0, 0.05) is 28.0 Å². The quantitative estimate of drug-likeness (QED) is 0.796. The first-order valence-corrected chi connectivity index (χ1v) is 7.36. The number of rotatable bonds is 2. The Balaban J connectivity index is 1.78. The molecule has 0 saturated heterocycles. The monoisotopic (exact) mass is 291 g/mol. The normalized spacial score (nSPS) is 22.9. The van der Waals surface area contributed by atoms with Crippen LogP contribution in [0.2, 0.25) is 5.02 Å². The highest BCUT2D eigenvalue weighted by Gasteiger charge is 2.24. The summed E-state index contributed by atoms with van der Waals surface area (Å²) in [4.78, 5) is 15.4. The van der Waals surface area contributed by atoms with Gasteiger partial charge in [-0.1, -0.05) is 24.4 Å². The summed E-state index contributed by atoms with van der Waals surface area (Å²) in [6.07, 6.45) is 4.21. The predicted molar refractivity (Wildman–Crippen MR) is 81.0 cm³/mol. The van der Waals surface area contributed by atoms with Crippen molar-refractivity contribution in [1.82, 2.24) is 10.3 Å². The molecule has 0 radical (unpaired) electrons. The first-order valence-electron chi connectivity index (χ1n) is 6.98. The van der Waals surface area contributed by atoms with E-state index in [9.17, 15) is 4.79 Å². The zero-order chi connectivity index (χ0) is 14.1. The molecule has 0 spiro atoms. The largest absolute Gasteiger partial charge is 0.351 e. The zero-order valence-electron chi connectivity index (χ0n) is 11.2. The number of aromatic amines is 1. The molecule has 1 amide bonds. The van der Waals surface area contributed by atoms with Crippen LogP contribution in [-0.4, -0.2) is 23.0 Å². The fourth-order valence-electron chi connectivity index (χ4n) is 2.81. The van der Waals surface area contributed by atoms with Crippen molar-refractivity contribution in [3.8, 4) is 0 Å². The predicted octanol–water partition coefficient (Wildman–Crippen LogP) is 2.82. The molecule has 4 nitrogen and oxygen atoms in total. The minimum Gasteiger partial charge on any atom is -0.351 e. The summed E-state index contributed by atoms with van der Waals surface area (Å²) in [6.45, 7) is 0. The number of carbonyl (C=O) groups is 1. The third kappa shape index (κ3) is 2.67. The summed E-state index contributed by atoms with van der Waals surface area (Å²) in [5, 5.41) is 4.64. The van der Waals surface area contributed by atoms with Gasteiger partial charge in [0.2, 0.25) is 0 Å². The van der Waals surface area contributed by atoms with Crippen molar-refractivity contribution in [1.29, 1.82) is 0 Å². The number of amides is 1. The number of hydrogen-bond donors (Lipinski definition) is 3. The number of hydrogen-bond acceptors (Lipinski definition) is 2. The molecule has 1 saturated carbocycles. The molecular formula is C15H18ClN3O. The molecule has 1 aromatic heterocycles. The maximum absolute atomic E-state index is 12.3. The molecule has 4 N–H and O–H groups in total. The minimum absolute atomic E-state index is 0.0616. The summed E-state index contributed by atoms with van der Waals surface area (Å²) in [5.41, 5.74) is 7.52. The van der Waals surface area contributed by atoms with Crippen LogP contribution < -0.4 is 11.1 Å². The molecule has 5 heteroatoms. The Morgan fingerprint density at radius 2 is 2.10 bits per heavy atom. The lowest BCUT2D eigenvalue weighted by Crippen LogP contribution is -2.49. The lowest BCUT2D eigenvalue weighted by atomic mass is 9.91. The van der Waals surface area contributed by atoms with Gasteiger partial charge in [0.1, 0.15) is 5.69 Å². The van der Waals surface area contributed by atoms with E-state index in [1.807, 2.05) is 18.2 Å². The number of nitrogens with one attached hydrogen (secondary N) is 2. The van der Waals surface area contributed by atoms with E-state index in [0.29, 0.717) is 10.7 Å². The van der Waals surface area contributed by atoms with Gasteiger partial charge in [0.05, 0.1) is 0 Å². The second-order valence-electron chi connectivity index (χ2n) is 5.44. The van der Waals surface area contributed by atoms with Crippen LogP contribution in [0.4, 0.5) is 0 Å². The van der Waals surface area contributed by atoms with E-state index < -0.39 is 0 Å². The number of H-pyrrole nitrogens is 1. The highest BCUT2D eigenvalue weighted by molar-refractivity contribution is 6.31. The average molecular weight is 292 g/mol. The second-order valence-corrected chi connectivity index (χ2v) is 5.88. The Bertz CT molecular complexity index is 637. The van der Waals surface area contributed by atoms with E-state index in [1.54, 1.807) is 6.07 Å². The number of halogens is 1. The third-order valence-corrected chi connectivity index (χ3v) is 4.20. The van der Waals surface area contributed by atoms with Crippen molar-refractivity contribution >= 4 is 28.4 Å². The summed E-state index contributed by atoms with van der Waals surface area (Å²) >= 11 is 5.95. The molecule has 106 valence electrons. The van der Waals surface area contributed by atoms with Crippen LogP contribution in [0.1, 0.15) is 36.2 Å². The molecule has 3 rings (SSSR count). The molecule has 2 atom stereocenters. The van der Waals surface area contributed by atoms with E-state index in [0.717, 1.165) is 36.6 Å². The minimum atomic E-state index is -0.0975. The van der Waals surface area contributed by atoms with E-state index >= 15 is 0 Å². The van der Waals surface area contributed by atoms with E-state index in [1.165, 1.54) is 0 Å². The Morgan fingerprint density at radius 1 is 1.30 bits per heavy atom. The average Bonchev–Trinajstić information content (AvgIpc) is 2.84. The van der Waals surface area contributed by atoms with Crippen LogP contribution in [0, 0.1) is 0 Å². The molecule has 20 heavy (non-hydrogen) atoms. The highest BCUT2D eigenvalue weighted by Crippen LogP contribution is 2.21. The van der Waals surface area contributed by atoms with Gasteiger partial charge in [-0.3, -0.25) is 4.79 Å². The van der Waals surface area contributed by atoms with Crippen molar-refractivity contribution in [2.45, 2.75) is 37.8 Å². The van der Waals surface area contributed by atoms with Gasteiger partial charge >= 0.3 is 0 Å². The third-order valence-electron chi connectivity index (χ3n) is 3.96. The standard InChI is InChI=1S/C15H18ClN3O/c16-10-5-6-12-9(7-10)8-14(18-12)15(20)19-13-4-2-1-3-11(13)17/h5-8,11,13,18H,1-4,17H2,(H,19,20)/t11-,13-/m1/s1. The first-order chi connectivity index (χ1) is 9.63. The molecule has 1 aliphatic rings. The summed E-state index contributed by atoms with van der Waals surface area (Å²) in [5.74, 6) is -0.0975. The topological polar surface area (TPSA) is 70.9 Å². The number of fused-ring (bicyclic) bond motifs is 1. The molecule has 0 bridgehead atoms. The van der Waals surface area contributed by atoms with E-state index in [-0.39, 0.29) is 18.0 Å². The fraction of sp³-hybridized carbons (Fsp3) is 0.400. The Hall–Kier alpha value is -1.52. The van der Waals surface area contributed by atoms with Gasteiger partial charge in [-0.15, -0.1) is 0 Å². The van der Waals surface area contributed by atoms with Crippen molar-refractivity contribution in [3.63, 3.8) is 0 Å². The van der Waals surface area contributed by atoms with Crippen LogP contribution >= 0.6 is 11.6 Å². The van der Waals surface area contributed by atoms with Crippen LogP contribution in [-0.2, 0) is 0 Å². The molecule has 1 aliphatic carbocycles. The van der Waals surface area contributed by atoms with Crippen LogP contribution in [0.5, 0.6) is 0 Å². The summed E-state index contributed by atoms with van der Waals surface area (Å²) < 4.78 is 0. The first kappa shape index (κ1) is 13.5. The van der Waals surface area contributed by atoms with Crippen molar-refractivity contribution < 1.29 is 4.79 Å². The summed E-state index contributed by atoms with van der Waals surface area (Å²) in [7, 11) is 0. The number of benzene rings is 1. The molecular weight excluding hydrogens is 274 g/mol. The maximum atomic E-state index is 12.3. The fourth-order valence-corrected chi connectivity index (χ4v) is 2.99. The van der Waals surface area contributed by atoms with Crippen molar-refractivity contribution in [3.05, 3.63) is 35.0 Å². The van der Waals surface area contributed by atoms with E-state index in [2.05, 4.69) is 10.3 Å². The molecule has 0 aliphatic heterocycles. The molecule has 1 fully saturated rings. The summed E-state index contributed by atoms with van der Waals surface area (Å²) in [6, 6.07) is 7.49. The Morgan fingerprint density at radius 3 is 2.90 bits per heavy atom. The maximum Gasteiger partial charge on any atom is 0.268 e. The van der Waals surface area contributed by atoms with E-state index in [4.69, 9.17) is 17.3 Å². The van der Waals surface area contributed by atoms with Gasteiger partial charge in [-0.25, -0.2) is 0 Å².